The number of aromatic nitrogens is 2. The molecule has 3 rings (SSSR count). The second-order valence-corrected chi connectivity index (χ2v) is 5.81. The second-order valence-electron chi connectivity index (χ2n) is 5.42. The molecule has 1 saturated carbocycles. The minimum Gasteiger partial charge on any atom is -0.476 e. The van der Waals surface area contributed by atoms with E-state index in [-0.39, 0.29) is 5.41 Å². The molecule has 1 N–H and O–H groups in total. The summed E-state index contributed by atoms with van der Waals surface area (Å²) in [5.41, 5.74) is 0.220. The van der Waals surface area contributed by atoms with E-state index in [2.05, 4.69) is 10.2 Å². The van der Waals surface area contributed by atoms with Crippen LogP contribution in [0.3, 0.4) is 0 Å². The summed E-state index contributed by atoms with van der Waals surface area (Å²) in [6.07, 6.45) is 1.23. The normalized spacial score (nSPS) is 20.8. The van der Waals surface area contributed by atoms with E-state index in [1.165, 1.54) is 4.90 Å². The van der Waals surface area contributed by atoms with E-state index < -0.39 is 6.09 Å². The molecular weight excluding hydrogens is 270 g/mol. The first-order chi connectivity index (χ1) is 9.06. The lowest BCUT2D eigenvalue weighted by Crippen LogP contribution is -2.64. The Morgan fingerprint density at radius 1 is 1.47 bits per heavy atom. The van der Waals surface area contributed by atoms with Gasteiger partial charge in [-0.2, -0.15) is 0 Å². The number of rotatable bonds is 3. The van der Waals surface area contributed by atoms with Crippen molar-refractivity contribution in [3.05, 3.63) is 17.3 Å². The first kappa shape index (κ1) is 12.5. The number of likely N-dealkylation sites (tertiary alicyclic amines) is 1. The van der Waals surface area contributed by atoms with Crippen molar-refractivity contribution in [2.45, 2.75) is 12.8 Å². The smallest absolute Gasteiger partial charge is 0.407 e. The largest absolute Gasteiger partial charge is 0.476 e. The summed E-state index contributed by atoms with van der Waals surface area (Å²) in [5.74, 6) is 0.958. The quantitative estimate of drug-likeness (QED) is 0.917. The molecule has 0 radical (unpaired) electrons. The number of carbonyl (C=O) groups is 1. The zero-order valence-corrected chi connectivity index (χ0v) is 11.0. The topological polar surface area (TPSA) is 75.5 Å². The fourth-order valence-corrected chi connectivity index (χ4v) is 3.12. The molecule has 2 aliphatic rings. The van der Waals surface area contributed by atoms with E-state index in [1.54, 1.807) is 12.1 Å². The Kier molecular flexibility index (Phi) is 2.97. The van der Waals surface area contributed by atoms with Gasteiger partial charge in [0.15, 0.2) is 5.15 Å². The van der Waals surface area contributed by atoms with E-state index in [1.807, 2.05) is 0 Å². The van der Waals surface area contributed by atoms with Gasteiger partial charge < -0.3 is 14.7 Å². The van der Waals surface area contributed by atoms with E-state index in [9.17, 15) is 4.79 Å². The highest BCUT2D eigenvalue weighted by Crippen LogP contribution is 2.51. The van der Waals surface area contributed by atoms with Gasteiger partial charge in [0.25, 0.3) is 0 Å². The van der Waals surface area contributed by atoms with E-state index in [0.29, 0.717) is 36.6 Å². The Labute approximate surface area is 115 Å². The van der Waals surface area contributed by atoms with Gasteiger partial charge in [0.05, 0.1) is 6.61 Å². The van der Waals surface area contributed by atoms with Gasteiger partial charge in [0.1, 0.15) is 0 Å². The lowest BCUT2D eigenvalue weighted by molar-refractivity contribution is -0.0895. The Balaban J connectivity index is 1.41. The molecule has 1 saturated heterocycles. The maximum Gasteiger partial charge on any atom is 0.407 e. The molecule has 1 aliphatic carbocycles. The Morgan fingerprint density at radius 3 is 2.79 bits per heavy atom. The van der Waals surface area contributed by atoms with E-state index >= 15 is 0 Å². The third-order valence-corrected chi connectivity index (χ3v) is 4.04. The summed E-state index contributed by atoms with van der Waals surface area (Å²) in [6.45, 7) is 1.93. The molecule has 0 aromatic carbocycles. The summed E-state index contributed by atoms with van der Waals surface area (Å²) in [7, 11) is 0. The maximum atomic E-state index is 10.7. The molecule has 6 nitrogen and oxygen atoms in total. The van der Waals surface area contributed by atoms with Gasteiger partial charge in [0, 0.05) is 24.6 Å². The molecule has 1 spiro atoms. The number of ether oxygens (including phenoxy) is 1. The van der Waals surface area contributed by atoms with Crippen LogP contribution in [0.4, 0.5) is 4.79 Å². The van der Waals surface area contributed by atoms with Crippen LogP contribution in [-0.2, 0) is 0 Å². The standard InChI is InChI=1S/C12H14ClN3O3/c13-9-1-2-10(15-14-9)19-5-8-3-12(4-8)6-16(7-12)11(17)18/h1-2,8H,3-7H2,(H,17,18). The van der Waals surface area contributed by atoms with Crippen LogP contribution in [-0.4, -0.2) is 46.0 Å². The third-order valence-electron chi connectivity index (χ3n) is 3.84. The lowest BCUT2D eigenvalue weighted by atomic mass is 9.58. The van der Waals surface area contributed by atoms with Crippen molar-refractivity contribution in [2.75, 3.05) is 19.7 Å². The Morgan fingerprint density at radius 2 is 2.21 bits per heavy atom. The molecular formula is C12H14ClN3O3. The van der Waals surface area contributed by atoms with Crippen molar-refractivity contribution in [1.82, 2.24) is 15.1 Å². The fraction of sp³-hybridized carbons (Fsp3) is 0.583. The number of hydrogen-bond acceptors (Lipinski definition) is 4. The van der Waals surface area contributed by atoms with Crippen LogP contribution >= 0.6 is 11.6 Å². The highest BCUT2D eigenvalue weighted by Gasteiger charge is 2.53. The molecule has 0 unspecified atom stereocenters. The molecule has 1 aliphatic heterocycles. The van der Waals surface area contributed by atoms with Gasteiger partial charge in [-0.05, 0) is 24.8 Å². The van der Waals surface area contributed by atoms with Crippen LogP contribution in [0.1, 0.15) is 12.8 Å². The highest BCUT2D eigenvalue weighted by atomic mass is 35.5. The number of amides is 1. The molecule has 0 atom stereocenters. The SMILES string of the molecule is O=C(O)N1CC2(CC(COc3ccc(Cl)nn3)C2)C1. The molecule has 7 heteroatoms. The minimum atomic E-state index is -0.818. The number of carboxylic acid groups (broad SMARTS) is 1. The summed E-state index contributed by atoms with van der Waals surface area (Å²) >= 11 is 5.63. The summed E-state index contributed by atoms with van der Waals surface area (Å²) < 4.78 is 5.54. The van der Waals surface area contributed by atoms with Crippen molar-refractivity contribution < 1.29 is 14.6 Å². The maximum absolute atomic E-state index is 10.7. The Bertz CT molecular complexity index is 479. The van der Waals surface area contributed by atoms with Crippen molar-refractivity contribution in [1.29, 1.82) is 0 Å². The first-order valence-corrected chi connectivity index (χ1v) is 6.54. The molecule has 2 heterocycles. The van der Waals surface area contributed by atoms with Gasteiger partial charge in [-0.1, -0.05) is 11.6 Å². The van der Waals surface area contributed by atoms with Gasteiger partial charge in [0.2, 0.25) is 5.88 Å². The van der Waals surface area contributed by atoms with Gasteiger partial charge in [-0.25, -0.2) is 4.79 Å². The van der Waals surface area contributed by atoms with E-state index in [4.69, 9.17) is 21.4 Å². The average Bonchev–Trinajstić information content (AvgIpc) is 2.26. The Hall–Kier alpha value is -1.56. The first-order valence-electron chi connectivity index (χ1n) is 6.16. The van der Waals surface area contributed by atoms with Crippen LogP contribution in [0.15, 0.2) is 12.1 Å². The predicted octanol–water partition coefficient (Wildman–Crippen LogP) is 1.90. The van der Waals surface area contributed by atoms with Gasteiger partial charge in [-0.15, -0.1) is 10.2 Å². The fourth-order valence-electron chi connectivity index (χ4n) is 3.02. The number of halogens is 1. The van der Waals surface area contributed by atoms with Crippen LogP contribution < -0.4 is 4.74 Å². The lowest BCUT2D eigenvalue weighted by Gasteiger charge is -2.58. The monoisotopic (exact) mass is 283 g/mol. The average molecular weight is 284 g/mol. The summed E-state index contributed by atoms with van der Waals surface area (Å²) in [5, 5.41) is 16.7. The van der Waals surface area contributed by atoms with Crippen molar-refractivity contribution in [3.63, 3.8) is 0 Å². The van der Waals surface area contributed by atoms with Gasteiger partial charge in [-0.3, -0.25) is 0 Å². The molecule has 102 valence electrons. The van der Waals surface area contributed by atoms with Crippen molar-refractivity contribution >= 4 is 17.7 Å². The van der Waals surface area contributed by atoms with E-state index in [0.717, 1.165) is 12.8 Å². The van der Waals surface area contributed by atoms with Crippen molar-refractivity contribution in [3.8, 4) is 5.88 Å². The number of nitrogens with zero attached hydrogens (tertiary/aromatic N) is 3. The molecule has 0 bridgehead atoms. The summed E-state index contributed by atoms with van der Waals surface area (Å²) in [6, 6.07) is 3.34. The molecule has 1 amide bonds. The second kappa shape index (κ2) is 4.52. The van der Waals surface area contributed by atoms with Gasteiger partial charge >= 0.3 is 6.09 Å². The molecule has 1 aromatic rings. The molecule has 2 fully saturated rings. The molecule has 19 heavy (non-hydrogen) atoms. The van der Waals surface area contributed by atoms with Crippen LogP contribution in [0.2, 0.25) is 5.15 Å². The summed E-state index contributed by atoms with van der Waals surface area (Å²) in [4.78, 5) is 12.2. The third kappa shape index (κ3) is 2.45. The number of hydrogen-bond donors (Lipinski definition) is 1. The zero-order valence-electron chi connectivity index (χ0n) is 10.3. The van der Waals surface area contributed by atoms with Crippen LogP contribution in [0.25, 0.3) is 0 Å². The minimum absolute atomic E-state index is 0.220. The molecule has 1 aromatic heterocycles. The highest BCUT2D eigenvalue weighted by molar-refractivity contribution is 6.29. The van der Waals surface area contributed by atoms with Crippen LogP contribution in [0.5, 0.6) is 5.88 Å². The van der Waals surface area contributed by atoms with Crippen LogP contribution in [0, 0.1) is 11.3 Å². The predicted molar refractivity (Wildman–Crippen MR) is 67.3 cm³/mol. The van der Waals surface area contributed by atoms with Crippen molar-refractivity contribution in [2.24, 2.45) is 11.3 Å². The zero-order chi connectivity index (χ0) is 13.5.